The first-order valence-electron chi connectivity index (χ1n) is 6.31. The van der Waals surface area contributed by atoms with Gasteiger partial charge < -0.3 is 4.90 Å². The predicted molar refractivity (Wildman–Crippen MR) is 73.0 cm³/mol. The van der Waals surface area contributed by atoms with E-state index in [-0.39, 0.29) is 29.0 Å². The van der Waals surface area contributed by atoms with Crippen molar-refractivity contribution in [2.75, 3.05) is 12.3 Å². The van der Waals surface area contributed by atoms with Crippen LogP contribution in [-0.4, -0.2) is 28.2 Å². The number of rotatable bonds is 4. The van der Waals surface area contributed by atoms with Crippen LogP contribution in [0.25, 0.3) is 0 Å². The SMILES string of the molecule is CC(=O)SCC1CC(=O)N(Cc2cccc(F)c2F)C1. The second kappa shape index (κ2) is 6.35. The van der Waals surface area contributed by atoms with Gasteiger partial charge in [0.1, 0.15) is 0 Å². The van der Waals surface area contributed by atoms with Gasteiger partial charge in [-0.3, -0.25) is 9.59 Å². The minimum atomic E-state index is -0.905. The van der Waals surface area contributed by atoms with E-state index in [1.54, 1.807) is 0 Å². The molecule has 1 aromatic rings. The lowest BCUT2D eigenvalue weighted by Crippen LogP contribution is -2.25. The highest BCUT2D eigenvalue weighted by Gasteiger charge is 2.30. The molecule has 1 aliphatic rings. The normalized spacial score (nSPS) is 18.6. The summed E-state index contributed by atoms with van der Waals surface area (Å²) in [6.45, 7) is 2.04. The number of carbonyl (C=O) groups is 2. The number of halogens is 2. The highest BCUT2D eigenvalue weighted by atomic mass is 32.2. The van der Waals surface area contributed by atoms with E-state index < -0.39 is 11.6 Å². The van der Waals surface area contributed by atoms with Gasteiger partial charge in [0.25, 0.3) is 0 Å². The Hall–Kier alpha value is -1.43. The van der Waals surface area contributed by atoms with Gasteiger partial charge in [-0.1, -0.05) is 23.9 Å². The summed E-state index contributed by atoms with van der Waals surface area (Å²) in [4.78, 5) is 24.3. The van der Waals surface area contributed by atoms with Crippen LogP contribution in [0.3, 0.4) is 0 Å². The zero-order valence-electron chi connectivity index (χ0n) is 11.1. The molecule has 2 rings (SSSR count). The number of hydrogen-bond acceptors (Lipinski definition) is 3. The molecule has 0 radical (unpaired) electrons. The Bertz CT molecular complexity index is 536. The summed E-state index contributed by atoms with van der Waals surface area (Å²) >= 11 is 1.19. The van der Waals surface area contributed by atoms with Crippen LogP contribution in [0, 0.1) is 17.6 Å². The number of thioether (sulfide) groups is 1. The predicted octanol–water partition coefficient (Wildman–Crippen LogP) is 2.59. The third kappa shape index (κ3) is 3.56. The van der Waals surface area contributed by atoms with Gasteiger partial charge in [-0.2, -0.15) is 0 Å². The molecule has 1 aromatic carbocycles. The van der Waals surface area contributed by atoms with Crippen molar-refractivity contribution in [2.24, 2.45) is 5.92 Å². The van der Waals surface area contributed by atoms with E-state index in [4.69, 9.17) is 0 Å². The topological polar surface area (TPSA) is 37.4 Å². The summed E-state index contributed by atoms with van der Waals surface area (Å²) < 4.78 is 26.7. The van der Waals surface area contributed by atoms with E-state index in [2.05, 4.69) is 0 Å². The van der Waals surface area contributed by atoms with Crippen LogP contribution in [-0.2, 0) is 16.1 Å². The largest absolute Gasteiger partial charge is 0.338 e. The van der Waals surface area contributed by atoms with Crippen LogP contribution in [0.4, 0.5) is 8.78 Å². The van der Waals surface area contributed by atoms with E-state index in [0.29, 0.717) is 18.7 Å². The molecule has 1 saturated heterocycles. The van der Waals surface area contributed by atoms with E-state index in [1.165, 1.54) is 35.7 Å². The maximum atomic E-state index is 13.6. The van der Waals surface area contributed by atoms with Gasteiger partial charge in [-0.05, 0) is 12.0 Å². The second-order valence-corrected chi connectivity index (χ2v) is 6.06. The van der Waals surface area contributed by atoms with Gasteiger partial charge >= 0.3 is 0 Å². The van der Waals surface area contributed by atoms with Gasteiger partial charge in [-0.25, -0.2) is 8.78 Å². The van der Waals surface area contributed by atoms with Crippen molar-refractivity contribution in [1.82, 2.24) is 4.90 Å². The highest BCUT2D eigenvalue weighted by Crippen LogP contribution is 2.24. The van der Waals surface area contributed by atoms with Gasteiger partial charge in [0, 0.05) is 37.8 Å². The lowest BCUT2D eigenvalue weighted by Gasteiger charge is -2.17. The van der Waals surface area contributed by atoms with Crippen LogP contribution in [0.15, 0.2) is 18.2 Å². The molecule has 108 valence electrons. The summed E-state index contributed by atoms with van der Waals surface area (Å²) in [5, 5.41) is 0.0204. The van der Waals surface area contributed by atoms with E-state index >= 15 is 0 Å². The molecule has 0 N–H and O–H groups in total. The van der Waals surface area contributed by atoms with Crippen molar-refractivity contribution >= 4 is 22.8 Å². The van der Waals surface area contributed by atoms with Gasteiger partial charge in [0.15, 0.2) is 16.7 Å². The molecule has 0 aliphatic carbocycles. The van der Waals surface area contributed by atoms with Crippen molar-refractivity contribution in [1.29, 1.82) is 0 Å². The Morgan fingerprint density at radius 2 is 2.20 bits per heavy atom. The molecule has 6 heteroatoms. The molecule has 1 atom stereocenters. The third-order valence-corrected chi connectivity index (χ3v) is 4.25. The maximum absolute atomic E-state index is 13.6. The summed E-state index contributed by atoms with van der Waals surface area (Å²) in [6, 6.07) is 3.96. The van der Waals surface area contributed by atoms with Gasteiger partial charge in [0.2, 0.25) is 5.91 Å². The molecule has 20 heavy (non-hydrogen) atoms. The maximum Gasteiger partial charge on any atom is 0.223 e. The number of hydrogen-bond donors (Lipinski definition) is 0. The number of likely N-dealkylation sites (tertiary alicyclic amines) is 1. The van der Waals surface area contributed by atoms with Gasteiger partial charge in [0.05, 0.1) is 0 Å². The van der Waals surface area contributed by atoms with Crippen LogP contribution >= 0.6 is 11.8 Å². The number of amides is 1. The first kappa shape index (κ1) is 15.0. The lowest BCUT2D eigenvalue weighted by atomic mass is 10.1. The number of benzene rings is 1. The van der Waals surface area contributed by atoms with Crippen molar-refractivity contribution in [3.63, 3.8) is 0 Å². The van der Waals surface area contributed by atoms with Crippen LogP contribution in [0.1, 0.15) is 18.9 Å². The Morgan fingerprint density at radius 3 is 2.90 bits per heavy atom. The fraction of sp³-hybridized carbons (Fsp3) is 0.429. The molecular weight excluding hydrogens is 284 g/mol. The Balaban J connectivity index is 1.98. The minimum absolute atomic E-state index is 0.0204. The van der Waals surface area contributed by atoms with Crippen LogP contribution in [0.2, 0.25) is 0 Å². The molecule has 3 nitrogen and oxygen atoms in total. The monoisotopic (exact) mass is 299 g/mol. The minimum Gasteiger partial charge on any atom is -0.338 e. The summed E-state index contributed by atoms with van der Waals surface area (Å²) in [7, 11) is 0. The molecule has 1 fully saturated rings. The fourth-order valence-corrected chi connectivity index (χ4v) is 2.92. The van der Waals surface area contributed by atoms with Crippen molar-refractivity contribution in [2.45, 2.75) is 19.9 Å². The molecule has 0 spiro atoms. The quantitative estimate of drug-likeness (QED) is 0.857. The molecule has 1 heterocycles. The highest BCUT2D eigenvalue weighted by molar-refractivity contribution is 8.13. The van der Waals surface area contributed by atoms with Crippen LogP contribution in [0.5, 0.6) is 0 Å². The average Bonchev–Trinajstić information content (AvgIpc) is 2.73. The second-order valence-electron chi connectivity index (χ2n) is 4.86. The van der Waals surface area contributed by atoms with Crippen LogP contribution < -0.4 is 0 Å². The molecule has 0 bridgehead atoms. The zero-order chi connectivity index (χ0) is 14.7. The smallest absolute Gasteiger partial charge is 0.223 e. The lowest BCUT2D eigenvalue weighted by molar-refractivity contribution is -0.128. The first-order valence-corrected chi connectivity index (χ1v) is 7.30. The Morgan fingerprint density at radius 1 is 1.45 bits per heavy atom. The standard InChI is InChI=1S/C14H15F2NO2S/c1-9(18)20-8-10-5-13(19)17(6-10)7-11-3-2-4-12(15)14(11)16/h2-4,10H,5-8H2,1H3. The molecular formula is C14H15F2NO2S. The van der Waals surface area contributed by atoms with E-state index in [1.807, 2.05) is 0 Å². The molecule has 0 saturated carbocycles. The summed E-state index contributed by atoms with van der Waals surface area (Å²) in [5.74, 6) is -1.21. The number of carbonyl (C=O) groups excluding carboxylic acids is 2. The van der Waals surface area contributed by atoms with E-state index in [0.717, 1.165) is 6.07 Å². The molecule has 1 aliphatic heterocycles. The fourth-order valence-electron chi connectivity index (χ4n) is 2.23. The van der Waals surface area contributed by atoms with Crippen molar-refractivity contribution in [3.05, 3.63) is 35.4 Å². The first-order chi connectivity index (χ1) is 9.47. The molecule has 1 amide bonds. The third-order valence-electron chi connectivity index (χ3n) is 3.21. The molecule has 1 unspecified atom stereocenters. The average molecular weight is 299 g/mol. The summed E-state index contributed by atoms with van der Waals surface area (Å²) in [5.41, 5.74) is 0.179. The number of nitrogens with zero attached hydrogens (tertiary/aromatic N) is 1. The summed E-state index contributed by atoms with van der Waals surface area (Å²) in [6.07, 6.45) is 0.358. The van der Waals surface area contributed by atoms with Gasteiger partial charge in [-0.15, -0.1) is 0 Å². The van der Waals surface area contributed by atoms with E-state index in [9.17, 15) is 18.4 Å². The van der Waals surface area contributed by atoms with Crippen molar-refractivity contribution in [3.8, 4) is 0 Å². The Labute approximate surface area is 120 Å². The Kier molecular flexibility index (Phi) is 4.75. The zero-order valence-corrected chi connectivity index (χ0v) is 11.9. The molecule has 0 aromatic heterocycles. The van der Waals surface area contributed by atoms with Crippen molar-refractivity contribution < 1.29 is 18.4 Å².